The van der Waals surface area contributed by atoms with E-state index in [2.05, 4.69) is 19.1 Å². The van der Waals surface area contributed by atoms with E-state index in [1.54, 1.807) is 34.4 Å². The van der Waals surface area contributed by atoms with Crippen LogP contribution < -0.4 is 9.47 Å². The minimum atomic E-state index is -0.302. The van der Waals surface area contributed by atoms with E-state index in [4.69, 9.17) is 9.47 Å². The zero-order valence-electron chi connectivity index (χ0n) is 20.4. The van der Waals surface area contributed by atoms with E-state index in [0.29, 0.717) is 30.2 Å². The molecule has 0 N–H and O–H groups in total. The van der Waals surface area contributed by atoms with Crippen molar-refractivity contribution < 1.29 is 19.1 Å². The van der Waals surface area contributed by atoms with Crippen molar-refractivity contribution >= 4 is 23.2 Å². The number of carbonyl (C=O) groups is 2. The van der Waals surface area contributed by atoms with Crippen LogP contribution in [0.5, 0.6) is 11.5 Å². The van der Waals surface area contributed by atoms with Crippen molar-refractivity contribution in [3.63, 3.8) is 0 Å². The SMILES string of the molecule is COc1cccc(OC)c1C(=O)N(CC(=O)N(Cc1ccccc1)Cc1ccc(C)s1)C(C)C. The zero-order chi connectivity index (χ0) is 24.7. The summed E-state index contributed by atoms with van der Waals surface area (Å²) in [6, 6.07) is 19.0. The molecule has 1 aromatic heterocycles. The van der Waals surface area contributed by atoms with Crippen LogP contribution in [0.3, 0.4) is 0 Å². The second-order valence-corrected chi connectivity index (χ2v) is 9.68. The lowest BCUT2D eigenvalue weighted by Gasteiger charge is -2.31. The van der Waals surface area contributed by atoms with Gasteiger partial charge >= 0.3 is 0 Å². The Morgan fingerprint density at radius 2 is 1.53 bits per heavy atom. The number of ether oxygens (including phenoxy) is 2. The van der Waals surface area contributed by atoms with E-state index < -0.39 is 0 Å². The summed E-state index contributed by atoms with van der Waals surface area (Å²) in [5, 5.41) is 0. The van der Waals surface area contributed by atoms with Gasteiger partial charge in [0, 0.05) is 22.3 Å². The molecule has 3 aromatic rings. The average Bonchev–Trinajstić information content (AvgIpc) is 3.25. The third-order valence-corrected chi connectivity index (χ3v) is 6.53. The van der Waals surface area contributed by atoms with Gasteiger partial charge in [0.2, 0.25) is 5.91 Å². The monoisotopic (exact) mass is 480 g/mol. The maximum absolute atomic E-state index is 13.6. The number of nitrogens with zero attached hydrogens (tertiary/aromatic N) is 2. The molecular formula is C27H32N2O4S. The van der Waals surface area contributed by atoms with Crippen LogP contribution in [0.25, 0.3) is 0 Å². The molecule has 2 aromatic carbocycles. The second-order valence-electron chi connectivity index (χ2n) is 8.31. The lowest BCUT2D eigenvalue weighted by Crippen LogP contribution is -2.45. The quantitative estimate of drug-likeness (QED) is 0.403. The molecule has 0 bridgehead atoms. The molecule has 2 amide bonds. The predicted octanol–water partition coefficient (Wildman–Crippen LogP) is 5.15. The summed E-state index contributed by atoms with van der Waals surface area (Å²) in [5.74, 6) is 0.408. The second kappa shape index (κ2) is 11.7. The highest BCUT2D eigenvalue weighted by atomic mass is 32.1. The Balaban J connectivity index is 1.88. The Morgan fingerprint density at radius 3 is 2.06 bits per heavy atom. The predicted molar refractivity (Wildman–Crippen MR) is 135 cm³/mol. The summed E-state index contributed by atoms with van der Waals surface area (Å²) >= 11 is 1.67. The first-order chi connectivity index (χ1) is 16.3. The van der Waals surface area contributed by atoms with Gasteiger partial charge in [0.25, 0.3) is 5.91 Å². The van der Waals surface area contributed by atoms with E-state index >= 15 is 0 Å². The number of aryl methyl sites for hydroxylation is 1. The van der Waals surface area contributed by atoms with Gasteiger partial charge in [-0.2, -0.15) is 0 Å². The number of hydrogen-bond acceptors (Lipinski definition) is 5. The fraction of sp³-hybridized carbons (Fsp3) is 0.333. The van der Waals surface area contributed by atoms with Crippen molar-refractivity contribution in [2.75, 3.05) is 20.8 Å². The van der Waals surface area contributed by atoms with Crippen LogP contribution in [0.15, 0.2) is 60.7 Å². The molecule has 0 radical (unpaired) electrons. The molecule has 180 valence electrons. The van der Waals surface area contributed by atoms with Crippen molar-refractivity contribution in [2.24, 2.45) is 0 Å². The molecule has 6 nitrogen and oxygen atoms in total. The molecule has 0 saturated heterocycles. The fourth-order valence-electron chi connectivity index (χ4n) is 3.73. The molecule has 1 heterocycles. The topological polar surface area (TPSA) is 59.1 Å². The molecule has 7 heteroatoms. The Kier molecular flexibility index (Phi) is 8.71. The molecule has 0 spiro atoms. The van der Waals surface area contributed by atoms with Crippen LogP contribution in [-0.2, 0) is 17.9 Å². The van der Waals surface area contributed by atoms with Gasteiger partial charge < -0.3 is 19.3 Å². The van der Waals surface area contributed by atoms with Crippen LogP contribution >= 0.6 is 11.3 Å². The molecule has 0 atom stereocenters. The van der Waals surface area contributed by atoms with Crippen LogP contribution in [0.1, 0.15) is 39.5 Å². The Labute approximate surface area is 205 Å². The Bertz CT molecular complexity index is 1090. The van der Waals surface area contributed by atoms with Crippen molar-refractivity contribution in [1.82, 2.24) is 9.80 Å². The first kappa shape index (κ1) is 25.3. The lowest BCUT2D eigenvalue weighted by atomic mass is 10.1. The van der Waals surface area contributed by atoms with Gasteiger partial charge in [-0.05, 0) is 50.6 Å². The molecule has 0 aliphatic rings. The fourth-order valence-corrected chi connectivity index (χ4v) is 4.64. The number of benzene rings is 2. The normalized spacial score (nSPS) is 10.8. The third-order valence-electron chi connectivity index (χ3n) is 5.54. The van der Waals surface area contributed by atoms with E-state index in [1.807, 2.05) is 49.1 Å². The van der Waals surface area contributed by atoms with Crippen LogP contribution in [0, 0.1) is 6.92 Å². The molecule has 3 rings (SSSR count). The number of rotatable bonds is 10. The van der Waals surface area contributed by atoms with Gasteiger partial charge in [-0.25, -0.2) is 0 Å². The van der Waals surface area contributed by atoms with Gasteiger partial charge in [0.1, 0.15) is 23.6 Å². The van der Waals surface area contributed by atoms with E-state index in [1.165, 1.54) is 19.1 Å². The maximum Gasteiger partial charge on any atom is 0.262 e. The number of carbonyl (C=O) groups excluding carboxylic acids is 2. The molecular weight excluding hydrogens is 448 g/mol. The van der Waals surface area contributed by atoms with Gasteiger partial charge in [-0.15, -0.1) is 11.3 Å². The zero-order valence-corrected chi connectivity index (χ0v) is 21.2. The Hall–Kier alpha value is -3.32. The summed E-state index contributed by atoms with van der Waals surface area (Å²) in [5.41, 5.74) is 1.36. The molecule has 34 heavy (non-hydrogen) atoms. The van der Waals surface area contributed by atoms with Crippen molar-refractivity contribution in [2.45, 2.75) is 39.9 Å². The van der Waals surface area contributed by atoms with Crippen LogP contribution in [-0.4, -0.2) is 48.4 Å². The van der Waals surface area contributed by atoms with Gasteiger partial charge in [-0.1, -0.05) is 36.4 Å². The van der Waals surface area contributed by atoms with E-state index in [-0.39, 0.29) is 24.4 Å². The summed E-state index contributed by atoms with van der Waals surface area (Å²) in [6.07, 6.45) is 0. The molecule has 0 aliphatic carbocycles. The summed E-state index contributed by atoms with van der Waals surface area (Å²) in [6.45, 7) is 6.76. The average molecular weight is 481 g/mol. The molecule has 0 saturated carbocycles. The minimum Gasteiger partial charge on any atom is -0.496 e. The largest absolute Gasteiger partial charge is 0.496 e. The first-order valence-corrected chi connectivity index (χ1v) is 12.0. The molecule has 0 fully saturated rings. The minimum absolute atomic E-state index is 0.0467. The highest BCUT2D eigenvalue weighted by Gasteiger charge is 2.29. The number of hydrogen-bond donors (Lipinski definition) is 0. The van der Waals surface area contributed by atoms with Gasteiger partial charge in [-0.3, -0.25) is 9.59 Å². The third kappa shape index (κ3) is 6.17. The number of amides is 2. The molecule has 0 unspecified atom stereocenters. The van der Waals surface area contributed by atoms with Gasteiger partial charge in [0.05, 0.1) is 20.8 Å². The summed E-state index contributed by atoms with van der Waals surface area (Å²) < 4.78 is 10.9. The van der Waals surface area contributed by atoms with Crippen molar-refractivity contribution in [3.8, 4) is 11.5 Å². The highest BCUT2D eigenvalue weighted by Crippen LogP contribution is 2.30. The van der Waals surface area contributed by atoms with Crippen molar-refractivity contribution in [1.29, 1.82) is 0 Å². The smallest absolute Gasteiger partial charge is 0.262 e. The summed E-state index contributed by atoms with van der Waals surface area (Å²) in [7, 11) is 3.03. The lowest BCUT2D eigenvalue weighted by molar-refractivity contribution is -0.133. The van der Waals surface area contributed by atoms with E-state index in [9.17, 15) is 9.59 Å². The molecule has 0 aliphatic heterocycles. The first-order valence-electron chi connectivity index (χ1n) is 11.2. The standard InChI is InChI=1S/C27H32N2O4S/c1-19(2)29(27(31)26-23(32-4)12-9-13-24(26)33-5)18-25(30)28(16-21-10-7-6-8-11-21)17-22-15-14-20(3)34-22/h6-15,19H,16-18H2,1-5H3. The van der Waals surface area contributed by atoms with Crippen LogP contribution in [0.4, 0.5) is 0 Å². The summed E-state index contributed by atoms with van der Waals surface area (Å²) in [4.78, 5) is 32.9. The Morgan fingerprint density at radius 1 is 0.882 bits per heavy atom. The van der Waals surface area contributed by atoms with Gasteiger partial charge in [0.15, 0.2) is 0 Å². The van der Waals surface area contributed by atoms with E-state index in [0.717, 1.165) is 10.4 Å². The number of thiophene rings is 1. The highest BCUT2D eigenvalue weighted by molar-refractivity contribution is 7.11. The van der Waals surface area contributed by atoms with Crippen molar-refractivity contribution in [3.05, 3.63) is 81.5 Å². The number of methoxy groups -OCH3 is 2. The maximum atomic E-state index is 13.6. The van der Waals surface area contributed by atoms with Crippen LogP contribution in [0.2, 0.25) is 0 Å².